The fraction of sp³-hybridized carbons (Fsp3) is 0.200. The van der Waals surface area contributed by atoms with Gasteiger partial charge in [-0.2, -0.15) is 0 Å². The first kappa shape index (κ1) is 8.74. The summed E-state index contributed by atoms with van der Waals surface area (Å²) in [6.07, 6.45) is 0. The van der Waals surface area contributed by atoms with E-state index in [0.717, 1.165) is 5.56 Å². The third-order valence-electron chi connectivity index (χ3n) is 2.32. The third-order valence-corrected chi connectivity index (χ3v) is 2.32. The Morgan fingerprint density at radius 2 is 2.14 bits per heavy atom. The number of carbonyl (C=O) groups is 1. The lowest BCUT2D eigenvalue weighted by molar-refractivity contribution is -0.132. The van der Waals surface area contributed by atoms with Crippen molar-refractivity contribution < 1.29 is 9.53 Å². The molecule has 0 aromatic heterocycles. The molecule has 1 unspecified atom stereocenters. The second-order valence-electron chi connectivity index (χ2n) is 3.19. The van der Waals surface area contributed by atoms with Gasteiger partial charge in [-0.1, -0.05) is 18.2 Å². The molecule has 1 fully saturated rings. The van der Waals surface area contributed by atoms with Crippen molar-refractivity contribution in [3.05, 3.63) is 29.8 Å². The fourth-order valence-corrected chi connectivity index (χ4v) is 1.54. The van der Waals surface area contributed by atoms with Crippen LogP contribution in [0.3, 0.4) is 0 Å². The molecule has 0 aliphatic carbocycles. The van der Waals surface area contributed by atoms with Crippen molar-refractivity contribution in [2.24, 2.45) is 0 Å². The topological polar surface area (TPSA) is 76.2 Å². The molecule has 1 aromatic rings. The number of esters is 1. The van der Waals surface area contributed by atoms with Gasteiger partial charge >= 0.3 is 5.97 Å². The van der Waals surface area contributed by atoms with Crippen LogP contribution in [0.15, 0.2) is 24.3 Å². The number of carbonyl (C=O) groups excluding carboxylic acids is 1. The second-order valence-corrected chi connectivity index (χ2v) is 3.19. The van der Waals surface area contributed by atoms with Crippen molar-refractivity contribution in [2.75, 3.05) is 12.3 Å². The molecule has 1 aromatic carbocycles. The van der Waals surface area contributed by atoms with Crippen LogP contribution in [0.25, 0.3) is 0 Å². The maximum Gasteiger partial charge on any atom is 0.352 e. The first-order valence-corrected chi connectivity index (χ1v) is 4.30. The first-order valence-electron chi connectivity index (χ1n) is 4.30. The van der Waals surface area contributed by atoms with Crippen LogP contribution < -0.4 is 5.73 Å². The van der Waals surface area contributed by atoms with Crippen LogP contribution in [0.5, 0.6) is 0 Å². The van der Waals surface area contributed by atoms with Crippen molar-refractivity contribution >= 4 is 17.4 Å². The van der Waals surface area contributed by atoms with Gasteiger partial charge in [0.25, 0.3) is 0 Å². The molecular weight excluding hydrogens is 180 g/mol. The van der Waals surface area contributed by atoms with Crippen molar-refractivity contribution in [2.45, 2.75) is 5.92 Å². The molecule has 1 saturated heterocycles. The summed E-state index contributed by atoms with van der Waals surface area (Å²) in [5, 5.41) is 7.52. The summed E-state index contributed by atoms with van der Waals surface area (Å²) < 4.78 is 4.77. The Balaban J connectivity index is 2.37. The third kappa shape index (κ3) is 1.25. The Bertz CT molecular complexity index is 401. The summed E-state index contributed by atoms with van der Waals surface area (Å²) in [6, 6.07) is 7.23. The van der Waals surface area contributed by atoms with Crippen LogP contribution in [0.2, 0.25) is 0 Å². The number of cyclic esters (lactones) is 1. The van der Waals surface area contributed by atoms with Gasteiger partial charge in [-0.15, -0.1) is 0 Å². The molecule has 4 nitrogen and oxygen atoms in total. The predicted octanol–water partition coefficient (Wildman–Crippen LogP) is 0.929. The summed E-state index contributed by atoms with van der Waals surface area (Å²) >= 11 is 0. The van der Waals surface area contributed by atoms with Crippen LogP contribution in [-0.2, 0) is 9.53 Å². The normalized spacial score (nSPS) is 21.0. The minimum absolute atomic E-state index is 0.0112. The molecule has 1 heterocycles. The molecule has 72 valence electrons. The van der Waals surface area contributed by atoms with Crippen molar-refractivity contribution in [1.82, 2.24) is 0 Å². The van der Waals surface area contributed by atoms with E-state index in [1.54, 1.807) is 6.07 Å². The van der Waals surface area contributed by atoms with E-state index in [1.165, 1.54) is 0 Å². The van der Waals surface area contributed by atoms with E-state index in [-0.39, 0.29) is 18.2 Å². The van der Waals surface area contributed by atoms with E-state index in [0.29, 0.717) is 5.69 Å². The van der Waals surface area contributed by atoms with Gasteiger partial charge in [0, 0.05) is 5.69 Å². The summed E-state index contributed by atoms with van der Waals surface area (Å²) in [7, 11) is 0. The van der Waals surface area contributed by atoms with Crippen molar-refractivity contribution in [3.8, 4) is 0 Å². The molecule has 14 heavy (non-hydrogen) atoms. The summed E-state index contributed by atoms with van der Waals surface area (Å²) in [5.41, 5.74) is 7.13. The Hall–Kier alpha value is -1.84. The lowest BCUT2D eigenvalue weighted by Crippen LogP contribution is -2.13. The molecule has 3 N–H and O–H groups in total. The molecule has 0 saturated carbocycles. The number of para-hydroxylation sites is 1. The summed E-state index contributed by atoms with van der Waals surface area (Å²) in [6.45, 7) is 0.228. The zero-order valence-electron chi connectivity index (χ0n) is 7.49. The number of hydrogen-bond acceptors (Lipinski definition) is 4. The Labute approximate surface area is 81.2 Å². The number of nitrogens with two attached hydrogens (primary N) is 1. The Morgan fingerprint density at radius 3 is 2.71 bits per heavy atom. The highest BCUT2D eigenvalue weighted by Gasteiger charge is 2.32. The first-order chi connectivity index (χ1) is 6.70. The molecule has 1 aliphatic rings. The fourth-order valence-electron chi connectivity index (χ4n) is 1.54. The monoisotopic (exact) mass is 190 g/mol. The molecule has 4 heteroatoms. The van der Waals surface area contributed by atoms with E-state index in [4.69, 9.17) is 15.9 Å². The number of hydrogen-bond donors (Lipinski definition) is 2. The molecule has 0 spiro atoms. The summed E-state index contributed by atoms with van der Waals surface area (Å²) in [4.78, 5) is 11.0. The van der Waals surface area contributed by atoms with Gasteiger partial charge in [-0.25, -0.2) is 4.79 Å². The van der Waals surface area contributed by atoms with E-state index in [2.05, 4.69) is 0 Å². The maximum absolute atomic E-state index is 11.0. The maximum atomic E-state index is 11.0. The lowest BCUT2D eigenvalue weighted by Gasteiger charge is -2.09. The highest BCUT2D eigenvalue weighted by molar-refractivity contribution is 6.39. The Morgan fingerprint density at radius 1 is 1.43 bits per heavy atom. The standard InChI is InChI=1S/C10H10N2O2/c11-8-4-2-1-3-6(8)7-5-14-10(13)9(7)12/h1-4,7,12H,5,11H2. The second kappa shape index (κ2) is 3.14. The molecule has 0 radical (unpaired) electrons. The van der Waals surface area contributed by atoms with Crippen molar-refractivity contribution in [3.63, 3.8) is 0 Å². The highest BCUT2D eigenvalue weighted by atomic mass is 16.5. The molecule has 1 atom stereocenters. The van der Waals surface area contributed by atoms with Gasteiger partial charge < -0.3 is 10.5 Å². The molecule has 1 aliphatic heterocycles. The van der Waals surface area contributed by atoms with Crippen LogP contribution in [0.1, 0.15) is 11.5 Å². The summed E-state index contributed by atoms with van der Waals surface area (Å²) in [5.74, 6) is -0.845. The minimum Gasteiger partial charge on any atom is -0.460 e. The van der Waals surface area contributed by atoms with Gasteiger partial charge in [0.2, 0.25) is 0 Å². The molecule has 0 bridgehead atoms. The van der Waals surface area contributed by atoms with Gasteiger partial charge in [0.05, 0.1) is 5.92 Å². The Kier molecular flexibility index (Phi) is 1.96. The quantitative estimate of drug-likeness (QED) is 0.511. The average molecular weight is 190 g/mol. The smallest absolute Gasteiger partial charge is 0.352 e. The van der Waals surface area contributed by atoms with Crippen LogP contribution in [0, 0.1) is 5.41 Å². The minimum atomic E-state index is -0.543. The SMILES string of the molecule is N=C1C(=O)OCC1c1ccccc1N. The van der Waals surface area contributed by atoms with Gasteiger partial charge in [-0.05, 0) is 11.6 Å². The van der Waals surface area contributed by atoms with Gasteiger partial charge in [0.15, 0.2) is 0 Å². The van der Waals surface area contributed by atoms with Crippen LogP contribution in [0.4, 0.5) is 5.69 Å². The average Bonchev–Trinajstić information content (AvgIpc) is 2.49. The van der Waals surface area contributed by atoms with Crippen LogP contribution in [-0.4, -0.2) is 18.3 Å². The molecule has 2 rings (SSSR count). The zero-order valence-corrected chi connectivity index (χ0v) is 7.49. The largest absolute Gasteiger partial charge is 0.460 e. The van der Waals surface area contributed by atoms with Gasteiger partial charge in [-0.3, -0.25) is 5.41 Å². The highest BCUT2D eigenvalue weighted by Crippen LogP contribution is 2.27. The predicted molar refractivity (Wildman–Crippen MR) is 52.3 cm³/mol. The number of ether oxygens (including phenoxy) is 1. The van der Waals surface area contributed by atoms with E-state index < -0.39 is 5.97 Å². The van der Waals surface area contributed by atoms with Gasteiger partial charge in [0.1, 0.15) is 12.3 Å². The van der Waals surface area contributed by atoms with Crippen molar-refractivity contribution in [1.29, 1.82) is 5.41 Å². The number of benzene rings is 1. The number of anilines is 1. The number of rotatable bonds is 1. The van der Waals surface area contributed by atoms with E-state index in [1.807, 2.05) is 18.2 Å². The van der Waals surface area contributed by atoms with Crippen LogP contribution >= 0.6 is 0 Å². The number of nitrogens with one attached hydrogen (secondary N) is 1. The van der Waals surface area contributed by atoms with E-state index in [9.17, 15) is 4.79 Å². The molecular formula is C10H10N2O2. The molecule has 0 amide bonds. The zero-order chi connectivity index (χ0) is 10.1. The lowest BCUT2D eigenvalue weighted by atomic mass is 9.95. The van der Waals surface area contributed by atoms with E-state index >= 15 is 0 Å². The number of nitrogen functional groups attached to an aromatic ring is 1.